The molecule has 2 heterocycles. The molecule has 76 valence electrons. The summed E-state index contributed by atoms with van der Waals surface area (Å²) in [5, 5.41) is -0.859. The lowest BCUT2D eigenvalue weighted by atomic mass is 10.5. The first-order valence-electron chi connectivity index (χ1n) is 4.11. The van der Waals surface area contributed by atoms with Gasteiger partial charge in [-0.2, -0.15) is 0 Å². The van der Waals surface area contributed by atoms with Crippen LogP contribution >= 0.6 is 11.8 Å². The molecule has 0 aliphatic carbocycles. The van der Waals surface area contributed by atoms with Crippen LogP contribution in [0.25, 0.3) is 0 Å². The zero-order valence-corrected chi connectivity index (χ0v) is 8.32. The van der Waals surface area contributed by atoms with Gasteiger partial charge in [0.15, 0.2) is 11.5 Å². The van der Waals surface area contributed by atoms with Crippen molar-refractivity contribution in [3.8, 4) is 0 Å². The molecule has 0 N–H and O–H groups in total. The van der Waals surface area contributed by atoms with E-state index in [-0.39, 0.29) is 11.5 Å². The number of carbonyl (C=O) groups is 2. The number of rotatable bonds is 2. The molecule has 0 aromatic carbocycles. The van der Waals surface area contributed by atoms with E-state index in [1.54, 1.807) is 12.1 Å². The highest BCUT2D eigenvalue weighted by Crippen LogP contribution is 2.18. The number of thioether (sulfide) groups is 1. The molecule has 0 atom stereocenters. The van der Waals surface area contributed by atoms with Gasteiger partial charge >= 0.3 is 0 Å². The molecule has 0 spiro atoms. The lowest BCUT2D eigenvalue weighted by Crippen LogP contribution is -1.98. The van der Waals surface area contributed by atoms with E-state index in [2.05, 4.69) is 0 Å². The highest BCUT2D eigenvalue weighted by Gasteiger charge is 2.18. The van der Waals surface area contributed by atoms with Gasteiger partial charge in [-0.1, -0.05) is 0 Å². The first kappa shape index (κ1) is 9.79. The van der Waals surface area contributed by atoms with Crippen LogP contribution < -0.4 is 0 Å². The van der Waals surface area contributed by atoms with E-state index in [9.17, 15) is 9.59 Å². The summed E-state index contributed by atoms with van der Waals surface area (Å²) in [6.45, 7) is 0. The fourth-order valence-corrected chi connectivity index (χ4v) is 1.58. The third kappa shape index (κ3) is 2.19. The van der Waals surface area contributed by atoms with Crippen molar-refractivity contribution in [1.29, 1.82) is 0 Å². The van der Waals surface area contributed by atoms with Gasteiger partial charge in [0, 0.05) is 11.8 Å². The van der Waals surface area contributed by atoms with Crippen molar-refractivity contribution in [1.82, 2.24) is 0 Å². The zero-order valence-electron chi connectivity index (χ0n) is 7.51. The minimum absolute atomic E-state index is 0.153. The highest BCUT2D eigenvalue weighted by atomic mass is 32.2. The molecule has 0 aliphatic rings. The van der Waals surface area contributed by atoms with Gasteiger partial charge in [0.25, 0.3) is 10.2 Å². The van der Waals surface area contributed by atoms with Crippen LogP contribution in [0.15, 0.2) is 45.6 Å². The van der Waals surface area contributed by atoms with Crippen molar-refractivity contribution in [2.45, 2.75) is 0 Å². The van der Waals surface area contributed by atoms with Gasteiger partial charge in [-0.3, -0.25) is 9.59 Å². The van der Waals surface area contributed by atoms with Gasteiger partial charge in [-0.15, -0.1) is 0 Å². The Morgan fingerprint density at radius 3 is 1.73 bits per heavy atom. The molecule has 0 bridgehead atoms. The second-order valence-electron chi connectivity index (χ2n) is 2.63. The molecule has 5 heteroatoms. The minimum Gasteiger partial charge on any atom is -0.460 e. The maximum absolute atomic E-state index is 11.4. The van der Waals surface area contributed by atoms with E-state index in [0.29, 0.717) is 11.8 Å². The monoisotopic (exact) mass is 222 g/mol. The standard InChI is InChI=1S/C10H6O4S/c11-9(7-3-1-5-13-7)15-10(12)8-4-2-6-14-8/h1-6H. The van der Waals surface area contributed by atoms with Crippen molar-refractivity contribution < 1.29 is 18.4 Å². The first-order chi connectivity index (χ1) is 7.27. The molecule has 0 saturated heterocycles. The molecule has 15 heavy (non-hydrogen) atoms. The van der Waals surface area contributed by atoms with Gasteiger partial charge in [0.1, 0.15) is 0 Å². The van der Waals surface area contributed by atoms with Crippen molar-refractivity contribution in [2.24, 2.45) is 0 Å². The Labute approximate surface area is 89.3 Å². The summed E-state index contributed by atoms with van der Waals surface area (Å²) in [6, 6.07) is 6.19. The van der Waals surface area contributed by atoms with Crippen molar-refractivity contribution >= 4 is 22.0 Å². The lowest BCUT2D eigenvalue weighted by Gasteiger charge is -1.93. The van der Waals surface area contributed by atoms with E-state index in [4.69, 9.17) is 8.83 Å². The molecule has 2 aromatic rings. The zero-order chi connectivity index (χ0) is 10.7. The normalized spacial score (nSPS) is 10.1. The van der Waals surface area contributed by atoms with Gasteiger partial charge in [0.05, 0.1) is 12.5 Å². The smallest absolute Gasteiger partial charge is 0.262 e. The van der Waals surface area contributed by atoms with Gasteiger partial charge in [-0.25, -0.2) is 0 Å². The van der Waals surface area contributed by atoms with E-state index >= 15 is 0 Å². The van der Waals surface area contributed by atoms with Crippen molar-refractivity contribution in [3.63, 3.8) is 0 Å². The maximum atomic E-state index is 11.4. The molecular weight excluding hydrogens is 216 g/mol. The van der Waals surface area contributed by atoms with E-state index in [0.717, 1.165) is 0 Å². The Hall–Kier alpha value is -1.75. The van der Waals surface area contributed by atoms with Crippen LogP contribution in [0.2, 0.25) is 0 Å². The quantitative estimate of drug-likeness (QED) is 0.781. The molecule has 0 fully saturated rings. The number of carbonyl (C=O) groups excluding carboxylic acids is 2. The predicted octanol–water partition coefficient (Wildman–Crippen LogP) is 2.59. The van der Waals surface area contributed by atoms with Crippen LogP contribution in [-0.2, 0) is 0 Å². The first-order valence-corrected chi connectivity index (χ1v) is 4.92. The van der Waals surface area contributed by atoms with Crippen molar-refractivity contribution in [2.75, 3.05) is 0 Å². The average Bonchev–Trinajstić information content (AvgIpc) is 2.91. The van der Waals surface area contributed by atoms with Gasteiger partial charge in [0.2, 0.25) is 0 Å². The van der Waals surface area contributed by atoms with Crippen LogP contribution in [0.5, 0.6) is 0 Å². The average molecular weight is 222 g/mol. The molecular formula is C10H6O4S. The molecule has 0 amide bonds. The van der Waals surface area contributed by atoms with E-state index in [1.807, 2.05) is 0 Å². The summed E-state index contributed by atoms with van der Waals surface area (Å²) in [4.78, 5) is 22.8. The summed E-state index contributed by atoms with van der Waals surface area (Å²) in [5.74, 6) is 0.305. The van der Waals surface area contributed by atoms with Crippen LogP contribution in [0.3, 0.4) is 0 Å². The molecule has 2 aromatic heterocycles. The molecule has 0 radical (unpaired) electrons. The van der Waals surface area contributed by atoms with Crippen LogP contribution in [0.4, 0.5) is 0 Å². The molecule has 0 unspecified atom stereocenters. The molecule has 2 rings (SSSR count). The summed E-state index contributed by atoms with van der Waals surface area (Å²) in [5.41, 5.74) is 0. The largest absolute Gasteiger partial charge is 0.460 e. The summed E-state index contributed by atoms with van der Waals surface area (Å²) in [7, 11) is 0. The lowest BCUT2D eigenvalue weighted by molar-refractivity contribution is 0.103. The maximum Gasteiger partial charge on any atom is 0.262 e. The van der Waals surface area contributed by atoms with Crippen LogP contribution in [0.1, 0.15) is 21.1 Å². The second-order valence-corrected chi connectivity index (χ2v) is 3.58. The molecule has 0 saturated carbocycles. The molecule has 4 nitrogen and oxygen atoms in total. The topological polar surface area (TPSA) is 60.4 Å². The Morgan fingerprint density at radius 2 is 1.40 bits per heavy atom. The number of furan rings is 2. The Balaban J connectivity index is 2.04. The second kappa shape index (κ2) is 4.18. The number of hydrogen-bond acceptors (Lipinski definition) is 5. The van der Waals surface area contributed by atoms with Gasteiger partial charge in [-0.05, 0) is 24.3 Å². The van der Waals surface area contributed by atoms with Gasteiger partial charge < -0.3 is 8.83 Å². The van der Waals surface area contributed by atoms with Crippen LogP contribution in [-0.4, -0.2) is 10.2 Å². The Morgan fingerprint density at radius 1 is 0.933 bits per heavy atom. The summed E-state index contributed by atoms with van der Waals surface area (Å²) >= 11 is 0.550. The van der Waals surface area contributed by atoms with Crippen molar-refractivity contribution in [3.05, 3.63) is 48.3 Å². The number of hydrogen-bond donors (Lipinski definition) is 0. The minimum atomic E-state index is -0.429. The summed E-state index contributed by atoms with van der Waals surface area (Å²) in [6.07, 6.45) is 2.76. The Kier molecular flexibility index (Phi) is 2.73. The fraction of sp³-hybridized carbons (Fsp3) is 0. The van der Waals surface area contributed by atoms with E-state index in [1.165, 1.54) is 24.7 Å². The highest BCUT2D eigenvalue weighted by molar-refractivity contribution is 8.26. The predicted molar refractivity (Wildman–Crippen MR) is 53.7 cm³/mol. The third-order valence-electron chi connectivity index (χ3n) is 1.63. The SMILES string of the molecule is O=C(SC(=O)c1ccco1)c1ccco1. The third-order valence-corrected chi connectivity index (χ3v) is 2.40. The van der Waals surface area contributed by atoms with Crippen LogP contribution in [0, 0.1) is 0 Å². The Bertz CT molecular complexity index is 411. The molecule has 0 aliphatic heterocycles. The summed E-state index contributed by atoms with van der Waals surface area (Å²) < 4.78 is 9.72. The van der Waals surface area contributed by atoms with E-state index < -0.39 is 10.2 Å². The fourth-order valence-electron chi connectivity index (χ4n) is 0.974.